The van der Waals surface area contributed by atoms with Crippen LogP contribution in [0.5, 0.6) is 0 Å². The molecule has 1 heterocycles. The first-order chi connectivity index (χ1) is 12.2. The van der Waals surface area contributed by atoms with Gasteiger partial charge >= 0.3 is 18.2 Å². The van der Waals surface area contributed by atoms with Crippen LogP contribution in [-0.2, 0) is 19.8 Å². The minimum absolute atomic E-state index is 0.0754. The average molecular weight is 378 g/mol. The van der Waals surface area contributed by atoms with Crippen molar-refractivity contribution in [3.63, 3.8) is 0 Å². The third kappa shape index (κ3) is 3.90. The van der Waals surface area contributed by atoms with Crippen LogP contribution in [0.25, 0.3) is 0 Å². The van der Waals surface area contributed by atoms with Crippen LogP contribution in [0, 0.1) is 5.82 Å². The zero-order valence-electron chi connectivity index (χ0n) is 13.9. The molecule has 0 aliphatic carbocycles. The fourth-order valence-electron chi connectivity index (χ4n) is 2.54. The molecular formula is C16H18F4N2O4. The van der Waals surface area contributed by atoms with Crippen LogP contribution in [0.1, 0.15) is 12.5 Å². The fourth-order valence-corrected chi connectivity index (χ4v) is 2.54. The lowest BCUT2D eigenvalue weighted by molar-refractivity contribution is -0.214. The molecule has 2 rings (SSSR count). The first kappa shape index (κ1) is 20.0. The number of carbonyl (C=O) groups excluding carboxylic acids is 2. The molecule has 2 amide bonds. The molecule has 26 heavy (non-hydrogen) atoms. The van der Waals surface area contributed by atoms with Gasteiger partial charge < -0.3 is 19.7 Å². The Bertz CT molecular complexity index is 645. The van der Waals surface area contributed by atoms with Crippen LogP contribution in [0.15, 0.2) is 24.3 Å². The van der Waals surface area contributed by atoms with E-state index in [4.69, 9.17) is 4.74 Å². The van der Waals surface area contributed by atoms with Gasteiger partial charge in [0.25, 0.3) is 5.54 Å². The number of hydrogen-bond donors (Lipinski definition) is 1. The van der Waals surface area contributed by atoms with E-state index < -0.39 is 35.1 Å². The summed E-state index contributed by atoms with van der Waals surface area (Å²) >= 11 is 0. The summed E-state index contributed by atoms with van der Waals surface area (Å²) in [6, 6.07) is 2.04. The molecule has 1 saturated heterocycles. The van der Waals surface area contributed by atoms with E-state index in [0.29, 0.717) is 0 Å². The summed E-state index contributed by atoms with van der Waals surface area (Å²) in [5.41, 5.74) is -4.10. The highest BCUT2D eigenvalue weighted by molar-refractivity contribution is 5.89. The minimum Gasteiger partial charge on any atom is -0.464 e. The molecule has 1 aromatic carbocycles. The largest absolute Gasteiger partial charge is 0.464 e. The number of hydrogen-bond acceptors (Lipinski definition) is 4. The van der Waals surface area contributed by atoms with Crippen molar-refractivity contribution in [1.29, 1.82) is 0 Å². The Morgan fingerprint density at radius 3 is 2.27 bits per heavy atom. The number of nitrogens with one attached hydrogen (secondary N) is 1. The van der Waals surface area contributed by atoms with E-state index in [-0.39, 0.29) is 32.9 Å². The van der Waals surface area contributed by atoms with E-state index in [1.807, 2.05) is 0 Å². The van der Waals surface area contributed by atoms with E-state index in [0.717, 1.165) is 29.2 Å². The van der Waals surface area contributed by atoms with Gasteiger partial charge in [-0.1, -0.05) is 12.1 Å². The molecule has 1 atom stereocenters. The highest BCUT2D eigenvalue weighted by Gasteiger charge is 2.64. The Labute approximate surface area is 147 Å². The van der Waals surface area contributed by atoms with Gasteiger partial charge in [-0.3, -0.25) is 0 Å². The average Bonchev–Trinajstić information content (AvgIpc) is 2.60. The van der Waals surface area contributed by atoms with Crippen LogP contribution >= 0.6 is 0 Å². The van der Waals surface area contributed by atoms with Gasteiger partial charge in [0.1, 0.15) is 5.82 Å². The van der Waals surface area contributed by atoms with Gasteiger partial charge in [0.15, 0.2) is 0 Å². The van der Waals surface area contributed by atoms with Gasteiger partial charge in [-0.2, -0.15) is 13.2 Å². The van der Waals surface area contributed by atoms with E-state index in [1.54, 1.807) is 5.32 Å². The summed E-state index contributed by atoms with van der Waals surface area (Å²) < 4.78 is 64.8. The Morgan fingerprint density at radius 2 is 1.77 bits per heavy atom. The van der Waals surface area contributed by atoms with Crippen LogP contribution < -0.4 is 5.32 Å². The van der Waals surface area contributed by atoms with Gasteiger partial charge in [-0.05, 0) is 24.6 Å². The molecular weight excluding hydrogens is 360 g/mol. The maximum Gasteiger partial charge on any atom is 0.426 e. The number of rotatable bonds is 4. The van der Waals surface area contributed by atoms with Gasteiger partial charge in [0.05, 0.1) is 19.8 Å². The number of benzene rings is 1. The van der Waals surface area contributed by atoms with Crippen molar-refractivity contribution in [2.45, 2.75) is 18.6 Å². The van der Waals surface area contributed by atoms with Crippen molar-refractivity contribution in [1.82, 2.24) is 10.2 Å². The van der Waals surface area contributed by atoms with Gasteiger partial charge in [-0.25, -0.2) is 14.0 Å². The summed E-state index contributed by atoms with van der Waals surface area (Å²) in [6.07, 6.45) is -5.22. The molecule has 1 aliphatic rings. The standard InChI is InChI=1S/C16H18F4N2O4/c1-2-26-13(23)15(16(18,19)20,11-3-5-12(17)6-4-11)21-14(24)22-7-9-25-10-8-22/h3-6H,2,7-10H2,1H3,(H,21,24)/t15-/m0/s1. The molecule has 1 N–H and O–H groups in total. The minimum atomic E-state index is -5.22. The summed E-state index contributed by atoms with van der Waals surface area (Å²) in [4.78, 5) is 25.8. The SMILES string of the molecule is CCOC(=O)[C@@](NC(=O)N1CCOCC1)(c1ccc(F)cc1)C(F)(F)F. The third-order valence-electron chi connectivity index (χ3n) is 3.88. The van der Waals surface area contributed by atoms with Crippen LogP contribution in [0.4, 0.5) is 22.4 Å². The monoisotopic (exact) mass is 378 g/mol. The Balaban J connectivity index is 2.49. The first-order valence-corrected chi connectivity index (χ1v) is 7.87. The van der Waals surface area contributed by atoms with Gasteiger partial charge in [-0.15, -0.1) is 0 Å². The lowest BCUT2D eigenvalue weighted by Gasteiger charge is -2.37. The van der Waals surface area contributed by atoms with E-state index >= 15 is 0 Å². The maximum atomic E-state index is 14.0. The van der Waals surface area contributed by atoms with E-state index in [2.05, 4.69) is 4.74 Å². The Kier molecular flexibility index (Phi) is 6.06. The van der Waals surface area contributed by atoms with Gasteiger partial charge in [0.2, 0.25) is 0 Å². The number of carbonyl (C=O) groups is 2. The highest BCUT2D eigenvalue weighted by atomic mass is 19.4. The topological polar surface area (TPSA) is 67.9 Å². The molecule has 0 spiro atoms. The molecule has 0 bridgehead atoms. The summed E-state index contributed by atoms with van der Waals surface area (Å²) in [7, 11) is 0. The summed E-state index contributed by atoms with van der Waals surface area (Å²) in [5.74, 6) is -2.48. The molecule has 0 unspecified atom stereocenters. The molecule has 0 radical (unpaired) electrons. The van der Waals surface area contributed by atoms with Crippen molar-refractivity contribution in [2.24, 2.45) is 0 Å². The van der Waals surface area contributed by atoms with Gasteiger partial charge in [0, 0.05) is 13.1 Å². The van der Waals surface area contributed by atoms with E-state index in [1.165, 1.54) is 6.92 Å². The number of nitrogens with zero attached hydrogens (tertiary/aromatic N) is 1. The molecule has 144 valence electrons. The molecule has 0 saturated carbocycles. The Morgan fingerprint density at radius 1 is 1.19 bits per heavy atom. The number of ether oxygens (including phenoxy) is 2. The second-order valence-corrected chi connectivity index (χ2v) is 5.50. The predicted octanol–water partition coefficient (Wildman–Crippen LogP) is 2.19. The van der Waals surface area contributed by atoms with Crippen molar-refractivity contribution in [3.05, 3.63) is 35.6 Å². The second kappa shape index (κ2) is 7.90. The predicted molar refractivity (Wildman–Crippen MR) is 81.7 cm³/mol. The smallest absolute Gasteiger partial charge is 0.426 e. The molecule has 1 aliphatic heterocycles. The number of urea groups is 1. The molecule has 1 fully saturated rings. The van der Waals surface area contributed by atoms with Crippen LogP contribution in [0.3, 0.4) is 0 Å². The number of amides is 2. The van der Waals surface area contributed by atoms with Crippen molar-refractivity contribution in [3.8, 4) is 0 Å². The second-order valence-electron chi connectivity index (χ2n) is 5.50. The van der Waals surface area contributed by atoms with Crippen molar-refractivity contribution < 1.29 is 36.6 Å². The number of alkyl halides is 3. The van der Waals surface area contributed by atoms with Crippen LogP contribution in [0.2, 0.25) is 0 Å². The third-order valence-corrected chi connectivity index (χ3v) is 3.88. The van der Waals surface area contributed by atoms with Crippen LogP contribution in [-0.4, -0.2) is 56.0 Å². The normalized spacial score (nSPS) is 17.3. The quantitative estimate of drug-likeness (QED) is 0.644. The van der Waals surface area contributed by atoms with E-state index in [9.17, 15) is 27.2 Å². The summed E-state index contributed by atoms with van der Waals surface area (Å²) in [5, 5.41) is 1.77. The van der Waals surface area contributed by atoms with Crippen molar-refractivity contribution in [2.75, 3.05) is 32.9 Å². The zero-order chi connectivity index (χ0) is 19.4. The molecule has 10 heteroatoms. The lowest BCUT2D eigenvalue weighted by Crippen LogP contribution is -2.64. The first-order valence-electron chi connectivity index (χ1n) is 7.87. The molecule has 6 nitrogen and oxygen atoms in total. The fraction of sp³-hybridized carbons (Fsp3) is 0.500. The number of morpholine rings is 1. The zero-order valence-corrected chi connectivity index (χ0v) is 13.9. The lowest BCUT2D eigenvalue weighted by atomic mass is 9.89. The number of esters is 1. The summed E-state index contributed by atoms with van der Waals surface area (Å²) in [6.45, 7) is 1.50. The number of halogens is 4. The highest BCUT2D eigenvalue weighted by Crippen LogP contribution is 2.40. The maximum absolute atomic E-state index is 14.0. The molecule has 1 aromatic rings. The van der Waals surface area contributed by atoms with Crippen molar-refractivity contribution >= 4 is 12.0 Å². The Hall–Kier alpha value is -2.36. The molecule has 0 aromatic heterocycles.